The fraction of sp³-hybridized carbons (Fsp3) is 0.370. The molecule has 0 saturated carbocycles. The number of nitrogens with zero attached hydrogens (tertiary/aromatic N) is 3. The number of amides is 2. The van der Waals surface area contributed by atoms with Gasteiger partial charge in [-0.1, -0.05) is 42.4 Å². The van der Waals surface area contributed by atoms with E-state index in [1.807, 2.05) is 67.3 Å². The number of thioether (sulfide) groups is 1. The van der Waals surface area contributed by atoms with Crippen molar-refractivity contribution in [3.63, 3.8) is 0 Å². The zero-order valence-corrected chi connectivity index (χ0v) is 21.4. The van der Waals surface area contributed by atoms with Gasteiger partial charge in [0.15, 0.2) is 0 Å². The molecule has 1 N–H and O–H groups in total. The van der Waals surface area contributed by atoms with Gasteiger partial charge in [-0.15, -0.1) is 11.8 Å². The third kappa shape index (κ3) is 6.13. The van der Waals surface area contributed by atoms with Gasteiger partial charge in [0.2, 0.25) is 5.91 Å². The molecule has 1 aliphatic heterocycles. The Morgan fingerprint density at radius 3 is 2.46 bits per heavy atom. The molecule has 1 aliphatic rings. The Bertz CT molecular complexity index is 1170. The summed E-state index contributed by atoms with van der Waals surface area (Å²) in [4.78, 5) is 30.9. The molecule has 0 unspecified atom stereocenters. The lowest BCUT2D eigenvalue weighted by Crippen LogP contribution is -2.50. The van der Waals surface area contributed by atoms with E-state index >= 15 is 0 Å². The number of piperazine rings is 1. The highest BCUT2D eigenvalue weighted by Crippen LogP contribution is 2.29. The van der Waals surface area contributed by atoms with Crippen LogP contribution in [-0.4, -0.2) is 59.5 Å². The van der Waals surface area contributed by atoms with Crippen molar-refractivity contribution in [1.82, 2.24) is 15.0 Å². The zero-order valence-electron chi connectivity index (χ0n) is 20.5. The van der Waals surface area contributed by atoms with E-state index in [2.05, 4.69) is 22.3 Å². The Kier molecular flexibility index (Phi) is 8.25. The Morgan fingerprint density at radius 1 is 1.03 bits per heavy atom. The summed E-state index contributed by atoms with van der Waals surface area (Å²) in [5.74, 6) is 1.53. The summed E-state index contributed by atoms with van der Waals surface area (Å²) in [6.07, 6.45) is 0.870. The number of nitrogens with one attached hydrogen (secondary N) is 1. The highest BCUT2D eigenvalue weighted by atomic mass is 32.2. The first kappa shape index (κ1) is 25.0. The number of benzene rings is 2. The van der Waals surface area contributed by atoms with Gasteiger partial charge in [0, 0.05) is 48.1 Å². The van der Waals surface area contributed by atoms with Crippen LogP contribution in [0.4, 0.5) is 5.69 Å². The Morgan fingerprint density at radius 2 is 1.74 bits per heavy atom. The van der Waals surface area contributed by atoms with E-state index in [1.54, 1.807) is 11.8 Å². The SMILES string of the molecule is CCc1ccccc1NC(=O)CN1CCN(C(=O)c2ccccc2SCc2c(C)noc2C)CC1. The number of carbonyl (C=O) groups excluding carboxylic acids is 2. The minimum Gasteiger partial charge on any atom is -0.361 e. The van der Waals surface area contributed by atoms with E-state index < -0.39 is 0 Å². The van der Waals surface area contributed by atoms with Gasteiger partial charge < -0.3 is 14.7 Å². The molecule has 0 aliphatic carbocycles. The zero-order chi connectivity index (χ0) is 24.8. The standard InChI is InChI=1S/C27H32N4O3S/c1-4-21-9-5-7-11-24(21)28-26(32)17-30-13-15-31(16-14-30)27(33)22-10-6-8-12-25(22)35-18-23-19(2)29-34-20(23)3/h5-12H,4,13-18H2,1-3H3,(H,28,32). The molecule has 1 saturated heterocycles. The summed E-state index contributed by atoms with van der Waals surface area (Å²) in [7, 11) is 0. The third-order valence-electron chi connectivity index (χ3n) is 6.37. The van der Waals surface area contributed by atoms with Crippen LogP contribution >= 0.6 is 11.8 Å². The fourth-order valence-electron chi connectivity index (χ4n) is 4.25. The number of aryl methyl sites for hydroxylation is 3. The molecule has 0 atom stereocenters. The molecule has 2 aromatic carbocycles. The molecule has 7 nitrogen and oxygen atoms in total. The topological polar surface area (TPSA) is 78.7 Å². The molecule has 0 radical (unpaired) electrons. The Balaban J connectivity index is 1.32. The third-order valence-corrected chi connectivity index (χ3v) is 7.47. The van der Waals surface area contributed by atoms with Crippen LogP contribution in [0.2, 0.25) is 0 Å². The van der Waals surface area contributed by atoms with Crippen LogP contribution in [0.25, 0.3) is 0 Å². The molecule has 2 amide bonds. The number of hydrogen-bond donors (Lipinski definition) is 1. The van der Waals surface area contributed by atoms with Crippen molar-refractivity contribution in [2.45, 2.75) is 37.8 Å². The molecule has 1 aromatic heterocycles. The molecular weight excluding hydrogens is 460 g/mol. The van der Waals surface area contributed by atoms with Crippen LogP contribution in [0.5, 0.6) is 0 Å². The van der Waals surface area contributed by atoms with E-state index in [-0.39, 0.29) is 11.8 Å². The largest absolute Gasteiger partial charge is 0.361 e. The smallest absolute Gasteiger partial charge is 0.255 e. The maximum atomic E-state index is 13.3. The van der Waals surface area contributed by atoms with Crippen LogP contribution in [-0.2, 0) is 17.0 Å². The quantitative estimate of drug-likeness (QED) is 0.465. The average Bonchev–Trinajstić information content (AvgIpc) is 3.20. The molecule has 0 bridgehead atoms. The van der Waals surface area contributed by atoms with E-state index in [1.165, 1.54) is 0 Å². The van der Waals surface area contributed by atoms with Crippen molar-refractivity contribution in [2.75, 3.05) is 38.0 Å². The van der Waals surface area contributed by atoms with Gasteiger partial charge in [-0.2, -0.15) is 0 Å². The molecular formula is C27H32N4O3S. The van der Waals surface area contributed by atoms with Crippen molar-refractivity contribution < 1.29 is 14.1 Å². The van der Waals surface area contributed by atoms with Gasteiger partial charge >= 0.3 is 0 Å². The summed E-state index contributed by atoms with van der Waals surface area (Å²) in [6, 6.07) is 15.6. The highest BCUT2D eigenvalue weighted by Gasteiger charge is 2.25. The highest BCUT2D eigenvalue weighted by molar-refractivity contribution is 7.98. The van der Waals surface area contributed by atoms with E-state index in [0.717, 1.165) is 39.6 Å². The van der Waals surface area contributed by atoms with Crippen LogP contribution < -0.4 is 5.32 Å². The first-order valence-corrected chi connectivity index (χ1v) is 13.0. The molecule has 0 spiro atoms. The van der Waals surface area contributed by atoms with E-state index in [9.17, 15) is 9.59 Å². The number of anilines is 1. The minimum atomic E-state index is -0.0215. The summed E-state index contributed by atoms with van der Waals surface area (Å²) in [6.45, 7) is 8.78. The lowest BCUT2D eigenvalue weighted by atomic mass is 10.1. The second kappa shape index (κ2) is 11.6. The summed E-state index contributed by atoms with van der Waals surface area (Å²) >= 11 is 1.63. The van der Waals surface area contributed by atoms with Gasteiger partial charge in [0.1, 0.15) is 5.76 Å². The molecule has 1 fully saturated rings. The molecule has 4 rings (SSSR count). The Hall–Kier alpha value is -3.10. The van der Waals surface area contributed by atoms with E-state index in [0.29, 0.717) is 44.0 Å². The predicted octanol–water partition coefficient (Wildman–Crippen LogP) is 4.54. The van der Waals surface area contributed by atoms with Crippen molar-refractivity contribution >= 4 is 29.3 Å². The van der Waals surface area contributed by atoms with Gasteiger partial charge in [-0.3, -0.25) is 14.5 Å². The van der Waals surface area contributed by atoms with Gasteiger partial charge in [0.25, 0.3) is 5.91 Å². The van der Waals surface area contributed by atoms with Crippen molar-refractivity contribution in [3.8, 4) is 0 Å². The molecule has 35 heavy (non-hydrogen) atoms. The normalized spacial score (nSPS) is 14.2. The minimum absolute atomic E-state index is 0.0215. The molecule has 3 aromatic rings. The number of hydrogen-bond acceptors (Lipinski definition) is 6. The molecule has 2 heterocycles. The van der Waals surface area contributed by atoms with Gasteiger partial charge in [-0.05, 0) is 44.0 Å². The number of rotatable bonds is 8. The fourth-order valence-corrected chi connectivity index (χ4v) is 5.45. The van der Waals surface area contributed by atoms with Crippen molar-refractivity contribution in [3.05, 3.63) is 76.7 Å². The number of aromatic nitrogens is 1. The molecule has 184 valence electrons. The second-order valence-corrected chi connectivity index (χ2v) is 9.73. The predicted molar refractivity (Wildman–Crippen MR) is 139 cm³/mol. The lowest BCUT2D eigenvalue weighted by Gasteiger charge is -2.34. The van der Waals surface area contributed by atoms with Crippen LogP contribution in [0.15, 0.2) is 57.9 Å². The Labute approximate surface area is 210 Å². The number of para-hydroxylation sites is 1. The maximum Gasteiger partial charge on any atom is 0.255 e. The number of carbonyl (C=O) groups is 2. The summed E-state index contributed by atoms with van der Waals surface area (Å²) in [5, 5.41) is 7.06. The summed E-state index contributed by atoms with van der Waals surface area (Å²) in [5.41, 5.74) is 4.68. The monoisotopic (exact) mass is 492 g/mol. The van der Waals surface area contributed by atoms with Crippen LogP contribution in [0, 0.1) is 13.8 Å². The molecule has 8 heteroatoms. The van der Waals surface area contributed by atoms with Gasteiger partial charge in [0.05, 0.1) is 17.8 Å². The van der Waals surface area contributed by atoms with Gasteiger partial charge in [-0.25, -0.2) is 0 Å². The second-order valence-electron chi connectivity index (χ2n) is 8.71. The average molecular weight is 493 g/mol. The van der Waals surface area contributed by atoms with E-state index in [4.69, 9.17) is 4.52 Å². The summed E-state index contributed by atoms with van der Waals surface area (Å²) < 4.78 is 5.27. The first-order chi connectivity index (χ1) is 17.0. The first-order valence-electron chi connectivity index (χ1n) is 12.0. The van der Waals surface area contributed by atoms with Crippen molar-refractivity contribution in [2.24, 2.45) is 0 Å². The van der Waals surface area contributed by atoms with Crippen LogP contribution in [0.3, 0.4) is 0 Å². The van der Waals surface area contributed by atoms with Crippen LogP contribution in [0.1, 0.15) is 39.9 Å². The lowest BCUT2D eigenvalue weighted by molar-refractivity contribution is -0.117. The van der Waals surface area contributed by atoms with Crippen molar-refractivity contribution in [1.29, 1.82) is 0 Å². The maximum absolute atomic E-state index is 13.3.